The second-order valence-electron chi connectivity index (χ2n) is 8.20. The fourth-order valence-electron chi connectivity index (χ4n) is 3.92. The molecule has 2 N–H and O–H groups in total. The molecule has 4 rings (SSSR count). The van der Waals surface area contributed by atoms with E-state index in [2.05, 4.69) is 10.3 Å². The van der Waals surface area contributed by atoms with Gasteiger partial charge in [-0.05, 0) is 61.4 Å². The molecule has 1 unspecified atom stereocenters. The summed E-state index contributed by atoms with van der Waals surface area (Å²) in [5.74, 6) is -3.80. The molecular formula is C28H21ClF2N2O3. The number of pyridine rings is 1. The van der Waals surface area contributed by atoms with Crippen molar-refractivity contribution in [2.24, 2.45) is 0 Å². The third-order valence-corrected chi connectivity index (χ3v) is 6.07. The number of nitrogens with one attached hydrogen (secondary N) is 1. The maximum Gasteiger partial charge on any atom is 0.335 e. The standard InChI is InChI=1S/C28H21ClF2N2O3/c1-16-20(25-23(30)13-12-22(29)26(25)31)11-14-24(32-16)21(15-17-5-3-2-4-6-17)27(34)33-19-9-7-18(8-10-19)28(35)36/h2-14,21H,15H2,1H3,(H,33,34)(H,35,36). The van der Waals surface area contributed by atoms with Crippen LogP contribution in [0.2, 0.25) is 5.02 Å². The van der Waals surface area contributed by atoms with Crippen molar-refractivity contribution in [2.45, 2.75) is 19.3 Å². The van der Waals surface area contributed by atoms with Crippen LogP contribution in [0.25, 0.3) is 11.1 Å². The zero-order chi connectivity index (χ0) is 25.8. The molecule has 182 valence electrons. The number of carboxylic acids is 1. The van der Waals surface area contributed by atoms with E-state index in [-0.39, 0.29) is 27.6 Å². The van der Waals surface area contributed by atoms with Crippen LogP contribution in [0.1, 0.15) is 33.2 Å². The third kappa shape index (κ3) is 5.42. The lowest BCUT2D eigenvalue weighted by molar-refractivity contribution is -0.117. The summed E-state index contributed by atoms with van der Waals surface area (Å²) < 4.78 is 29.1. The number of amides is 1. The van der Waals surface area contributed by atoms with Gasteiger partial charge in [-0.3, -0.25) is 9.78 Å². The average Bonchev–Trinajstić information content (AvgIpc) is 2.87. The minimum Gasteiger partial charge on any atom is -0.478 e. The Morgan fingerprint density at radius 3 is 2.31 bits per heavy atom. The van der Waals surface area contributed by atoms with Crippen molar-refractivity contribution in [3.8, 4) is 11.1 Å². The zero-order valence-corrected chi connectivity index (χ0v) is 19.9. The summed E-state index contributed by atoms with van der Waals surface area (Å²) in [6, 6.07) is 20.5. The van der Waals surface area contributed by atoms with Gasteiger partial charge in [0.15, 0.2) is 5.82 Å². The highest BCUT2D eigenvalue weighted by molar-refractivity contribution is 6.31. The number of hydrogen-bond donors (Lipinski definition) is 2. The van der Waals surface area contributed by atoms with E-state index in [1.165, 1.54) is 30.3 Å². The largest absolute Gasteiger partial charge is 0.478 e. The first-order valence-electron chi connectivity index (χ1n) is 11.0. The van der Waals surface area contributed by atoms with Crippen LogP contribution in [0.3, 0.4) is 0 Å². The van der Waals surface area contributed by atoms with Crippen molar-refractivity contribution in [3.05, 3.63) is 118 Å². The molecular weight excluding hydrogens is 486 g/mol. The Kier molecular flexibility index (Phi) is 7.41. The molecule has 0 saturated heterocycles. The van der Waals surface area contributed by atoms with Crippen LogP contribution in [0.4, 0.5) is 14.5 Å². The summed E-state index contributed by atoms with van der Waals surface area (Å²) in [6.45, 7) is 1.61. The molecule has 0 aliphatic carbocycles. The van der Waals surface area contributed by atoms with Gasteiger partial charge in [0.25, 0.3) is 0 Å². The number of nitrogens with zero attached hydrogens (tertiary/aromatic N) is 1. The highest BCUT2D eigenvalue weighted by Gasteiger charge is 2.25. The van der Waals surface area contributed by atoms with E-state index in [1.807, 2.05) is 30.3 Å². The maximum absolute atomic E-state index is 14.6. The number of carbonyl (C=O) groups excluding carboxylic acids is 1. The molecule has 0 radical (unpaired) electrons. The van der Waals surface area contributed by atoms with E-state index < -0.39 is 23.5 Å². The topological polar surface area (TPSA) is 79.3 Å². The second kappa shape index (κ2) is 10.7. The number of carbonyl (C=O) groups is 2. The number of carboxylic acid groups (broad SMARTS) is 1. The average molecular weight is 507 g/mol. The van der Waals surface area contributed by atoms with E-state index in [0.717, 1.165) is 17.7 Å². The molecule has 1 amide bonds. The van der Waals surface area contributed by atoms with Gasteiger partial charge in [0.05, 0.1) is 27.8 Å². The van der Waals surface area contributed by atoms with Gasteiger partial charge in [-0.2, -0.15) is 0 Å². The molecule has 0 spiro atoms. The van der Waals surface area contributed by atoms with Crippen LogP contribution in [0, 0.1) is 18.6 Å². The minimum absolute atomic E-state index is 0.0993. The van der Waals surface area contributed by atoms with Crippen LogP contribution >= 0.6 is 11.6 Å². The van der Waals surface area contributed by atoms with E-state index in [1.54, 1.807) is 13.0 Å². The molecule has 1 atom stereocenters. The molecule has 0 fully saturated rings. The van der Waals surface area contributed by atoms with Crippen molar-refractivity contribution >= 4 is 29.2 Å². The van der Waals surface area contributed by atoms with Crippen LogP contribution in [0.5, 0.6) is 0 Å². The Hall–Kier alpha value is -4.10. The summed E-state index contributed by atoms with van der Waals surface area (Å²) in [5.41, 5.74) is 2.14. The predicted molar refractivity (Wildman–Crippen MR) is 134 cm³/mol. The lowest BCUT2D eigenvalue weighted by atomic mass is 9.93. The van der Waals surface area contributed by atoms with Crippen molar-refractivity contribution < 1.29 is 23.5 Å². The Labute approximate surface area is 211 Å². The summed E-state index contributed by atoms with van der Waals surface area (Å²) in [6.07, 6.45) is 0.325. The molecule has 0 bridgehead atoms. The SMILES string of the molecule is Cc1nc(C(Cc2ccccc2)C(=O)Nc2ccc(C(=O)O)cc2)ccc1-c1c(F)ccc(Cl)c1F. The quantitative estimate of drug-likeness (QED) is 0.275. The summed E-state index contributed by atoms with van der Waals surface area (Å²) in [7, 11) is 0. The van der Waals surface area contributed by atoms with Crippen LogP contribution < -0.4 is 5.32 Å². The van der Waals surface area contributed by atoms with Crippen LogP contribution in [-0.2, 0) is 11.2 Å². The van der Waals surface area contributed by atoms with Gasteiger partial charge in [0, 0.05) is 16.9 Å². The predicted octanol–water partition coefficient (Wildman–Crippen LogP) is 6.65. The highest BCUT2D eigenvalue weighted by Crippen LogP contribution is 2.33. The van der Waals surface area contributed by atoms with Gasteiger partial charge in [-0.25, -0.2) is 13.6 Å². The number of aromatic carboxylic acids is 1. The monoisotopic (exact) mass is 506 g/mol. The van der Waals surface area contributed by atoms with Crippen molar-refractivity contribution in [3.63, 3.8) is 0 Å². The number of hydrogen-bond acceptors (Lipinski definition) is 3. The molecule has 1 heterocycles. The number of benzene rings is 3. The molecule has 8 heteroatoms. The molecule has 5 nitrogen and oxygen atoms in total. The van der Waals surface area contributed by atoms with Gasteiger partial charge in [-0.1, -0.05) is 48.0 Å². The first-order valence-corrected chi connectivity index (χ1v) is 11.4. The number of anilines is 1. The number of halogens is 3. The fraction of sp³-hybridized carbons (Fsp3) is 0.107. The van der Waals surface area contributed by atoms with Gasteiger partial charge in [0.2, 0.25) is 5.91 Å². The molecule has 4 aromatic rings. The Morgan fingerprint density at radius 2 is 1.67 bits per heavy atom. The zero-order valence-electron chi connectivity index (χ0n) is 19.1. The van der Waals surface area contributed by atoms with Crippen molar-refractivity contribution in [1.29, 1.82) is 0 Å². The Balaban J connectivity index is 1.69. The lowest BCUT2D eigenvalue weighted by Gasteiger charge is -2.19. The van der Waals surface area contributed by atoms with Gasteiger partial charge in [0.1, 0.15) is 5.82 Å². The smallest absolute Gasteiger partial charge is 0.335 e. The molecule has 3 aromatic carbocycles. The Bertz CT molecular complexity index is 1430. The van der Waals surface area contributed by atoms with E-state index in [0.29, 0.717) is 23.5 Å². The van der Waals surface area contributed by atoms with E-state index >= 15 is 0 Å². The molecule has 0 aliphatic rings. The van der Waals surface area contributed by atoms with Gasteiger partial charge >= 0.3 is 5.97 Å². The second-order valence-corrected chi connectivity index (χ2v) is 8.61. The number of aromatic nitrogens is 1. The molecule has 36 heavy (non-hydrogen) atoms. The summed E-state index contributed by atoms with van der Waals surface area (Å²) in [5, 5.41) is 11.7. The first-order chi connectivity index (χ1) is 17.2. The maximum atomic E-state index is 14.6. The normalized spacial score (nSPS) is 11.7. The van der Waals surface area contributed by atoms with E-state index in [9.17, 15) is 18.4 Å². The van der Waals surface area contributed by atoms with Gasteiger partial charge < -0.3 is 10.4 Å². The molecule has 1 aromatic heterocycles. The van der Waals surface area contributed by atoms with E-state index in [4.69, 9.17) is 16.7 Å². The van der Waals surface area contributed by atoms with Crippen LogP contribution in [0.15, 0.2) is 78.9 Å². The fourth-order valence-corrected chi connectivity index (χ4v) is 4.08. The van der Waals surface area contributed by atoms with Crippen molar-refractivity contribution in [1.82, 2.24) is 4.98 Å². The third-order valence-electron chi connectivity index (χ3n) is 5.78. The lowest BCUT2D eigenvalue weighted by Crippen LogP contribution is -2.24. The van der Waals surface area contributed by atoms with Crippen molar-refractivity contribution in [2.75, 3.05) is 5.32 Å². The summed E-state index contributed by atoms with van der Waals surface area (Å²) in [4.78, 5) is 29.0. The minimum atomic E-state index is -1.07. The molecule has 0 saturated carbocycles. The first kappa shape index (κ1) is 25.0. The molecule has 0 aliphatic heterocycles. The van der Waals surface area contributed by atoms with Gasteiger partial charge in [-0.15, -0.1) is 0 Å². The Morgan fingerprint density at radius 1 is 0.972 bits per heavy atom. The summed E-state index contributed by atoms with van der Waals surface area (Å²) >= 11 is 5.86. The number of aryl methyl sites for hydroxylation is 1. The highest BCUT2D eigenvalue weighted by atomic mass is 35.5. The number of rotatable bonds is 7. The van der Waals surface area contributed by atoms with Crippen LogP contribution in [-0.4, -0.2) is 22.0 Å².